The zero-order chi connectivity index (χ0) is 24.9. The van der Waals surface area contributed by atoms with Crippen LogP contribution in [0.15, 0.2) is 48.8 Å². The number of nitrogens with one attached hydrogen (secondary N) is 2. The van der Waals surface area contributed by atoms with Crippen molar-refractivity contribution in [1.82, 2.24) is 15.0 Å². The largest absolute Gasteiger partial charge is 0.466 e. The second kappa shape index (κ2) is 10.9. The quantitative estimate of drug-likeness (QED) is 0.319. The first-order valence-corrected chi connectivity index (χ1v) is 12.5. The van der Waals surface area contributed by atoms with E-state index in [4.69, 9.17) is 9.47 Å². The van der Waals surface area contributed by atoms with Crippen LogP contribution in [-0.4, -0.2) is 59.4 Å². The number of rotatable bonds is 10. The number of carbonyl (C=O) groups is 1. The third kappa shape index (κ3) is 5.57. The predicted molar refractivity (Wildman–Crippen MR) is 140 cm³/mol. The molecule has 0 unspecified atom stereocenters. The van der Waals surface area contributed by atoms with E-state index in [1.54, 1.807) is 12.4 Å². The summed E-state index contributed by atoms with van der Waals surface area (Å²) in [6.07, 6.45) is 6.12. The molecule has 0 saturated carbocycles. The number of benzene rings is 1. The molecule has 188 valence electrons. The van der Waals surface area contributed by atoms with Gasteiger partial charge in [0.1, 0.15) is 5.82 Å². The average Bonchev–Trinajstić information content (AvgIpc) is 3.52. The fourth-order valence-corrected chi connectivity index (χ4v) is 4.79. The van der Waals surface area contributed by atoms with Gasteiger partial charge >= 0.3 is 5.97 Å². The van der Waals surface area contributed by atoms with Crippen LogP contribution in [0.25, 0.3) is 11.3 Å². The third-order valence-electron chi connectivity index (χ3n) is 6.55. The number of nitrogens with zero attached hydrogens (tertiary/aromatic N) is 4. The lowest BCUT2D eigenvalue weighted by Crippen LogP contribution is -2.37. The minimum absolute atomic E-state index is 0.171. The summed E-state index contributed by atoms with van der Waals surface area (Å²) in [4.78, 5) is 27.4. The highest BCUT2D eigenvalue weighted by molar-refractivity contribution is 5.69. The number of morpholine rings is 1. The Hall–Kier alpha value is -3.72. The fraction of sp³-hybridized carbons (Fsp3) is 0.407. The summed E-state index contributed by atoms with van der Waals surface area (Å²) in [5.41, 5.74) is 5.13. The van der Waals surface area contributed by atoms with Crippen LogP contribution in [0.1, 0.15) is 31.7 Å². The molecule has 5 rings (SSSR count). The van der Waals surface area contributed by atoms with E-state index in [1.807, 2.05) is 25.1 Å². The highest BCUT2D eigenvalue weighted by atomic mass is 16.5. The molecular weight excluding hydrogens is 456 g/mol. The number of hydrogen-bond acceptors (Lipinski definition) is 9. The van der Waals surface area contributed by atoms with Gasteiger partial charge in [-0.1, -0.05) is 0 Å². The van der Waals surface area contributed by atoms with Crippen LogP contribution in [0.3, 0.4) is 0 Å². The zero-order valence-electron chi connectivity index (χ0n) is 20.7. The molecule has 2 saturated heterocycles. The first-order chi connectivity index (χ1) is 17.6. The van der Waals surface area contributed by atoms with Crippen molar-refractivity contribution >= 4 is 29.1 Å². The number of aryl methyl sites for hydroxylation is 1. The summed E-state index contributed by atoms with van der Waals surface area (Å²) >= 11 is 0. The highest BCUT2D eigenvalue weighted by Crippen LogP contribution is 2.35. The molecule has 0 aliphatic carbocycles. The van der Waals surface area contributed by atoms with Crippen molar-refractivity contribution in [3.63, 3.8) is 0 Å². The van der Waals surface area contributed by atoms with Crippen LogP contribution < -0.4 is 15.5 Å². The van der Waals surface area contributed by atoms with E-state index < -0.39 is 0 Å². The molecule has 0 spiro atoms. The molecular formula is C27H32N6O3. The molecule has 1 aromatic carbocycles. The van der Waals surface area contributed by atoms with E-state index in [0.717, 1.165) is 42.3 Å². The Labute approximate surface area is 211 Å². The molecule has 0 amide bonds. The summed E-state index contributed by atoms with van der Waals surface area (Å²) in [6, 6.07) is 12.6. The minimum Gasteiger partial charge on any atom is -0.466 e. The lowest BCUT2D eigenvalue weighted by Gasteiger charge is -2.30. The van der Waals surface area contributed by atoms with Crippen LogP contribution in [0, 0.1) is 6.92 Å². The molecule has 2 bridgehead atoms. The van der Waals surface area contributed by atoms with Crippen LogP contribution in [0.4, 0.5) is 23.1 Å². The summed E-state index contributed by atoms with van der Waals surface area (Å²) in [6.45, 7) is 6.81. The normalized spacial score (nSPS) is 18.3. The van der Waals surface area contributed by atoms with Gasteiger partial charge in [-0.15, -0.1) is 0 Å². The van der Waals surface area contributed by atoms with Crippen molar-refractivity contribution in [2.75, 3.05) is 41.8 Å². The number of pyridine rings is 1. The van der Waals surface area contributed by atoms with Crippen LogP contribution in [-0.2, 0) is 14.3 Å². The smallest absolute Gasteiger partial charge is 0.305 e. The lowest BCUT2D eigenvalue weighted by atomic mass is 10.1. The summed E-state index contributed by atoms with van der Waals surface area (Å²) < 4.78 is 10.7. The summed E-state index contributed by atoms with van der Waals surface area (Å²) in [7, 11) is 0. The molecule has 2 atom stereocenters. The maximum absolute atomic E-state index is 11.4. The van der Waals surface area contributed by atoms with E-state index >= 15 is 0 Å². The number of hydrogen-bond donors (Lipinski definition) is 2. The molecule has 2 N–H and O–H groups in total. The Bertz CT molecular complexity index is 1200. The number of carbonyl (C=O) groups excluding carboxylic acids is 1. The van der Waals surface area contributed by atoms with Crippen molar-refractivity contribution in [2.24, 2.45) is 0 Å². The van der Waals surface area contributed by atoms with E-state index in [2.05, 4.69) is 55.6 Å². The molecule has 2 aliphatic heterocycles. The molecule has 2 aliphatic rings. The van der Waals surface area contributed by atoms with Crippen molar-refractivity contribution in [3.8, 4) is 11.3 Å². The highest BCUT2D eigenvalue weighted by Gasteiger charge is 2.39. The van der Waals surface area contributed by atoms with Crippen molar-refractivity contribution in [1.29, 1.82) is 0 Å². The molecule has 4 heterocycles. The van der Waals surface area contributed by atoms with E-state index in [-0.39, 0.29) is 5.97 Å². The first-order valence-electron chi connectivity index (χ1n) is 12.5. The van der Waals surface area contributed by atoms with Gasteiger partial charge in [0, 0.05) is 48.8 Å². The Morgan fingerprint density at radius 2 is 2.14 bits per heavy atom. The number of esters is 1. The fourth-order valence-electron chi connectivity index (χ4n) is 4.79. The summed E-state index contributed by atoms with van der Waals surface area (Å²) in [5.74, 6) is 1.12. The van der Waals surface area contributed by atoms with Gasteiger partial charge < -0.3 is 25.0 Å². The van der Waals surface area contributed by atoms with Gasteiger partial charge in [0.25, 0.3) is 0 Å². The SMILES string of the molecule is CCOC(=O)CCCNc1ccc(-c2ccnc(Nc3ccc(N4C[C@@H]5C[C@H]4CO5)c(C)c3)n2)cn1. The topological polar surface area (TPSA) is 102 Å². The molecule has 0 radical (unpaired) electrons. The van der Waals surface area contributed by atoms with Gasteiger partial charge in [-0.05, 0) is 68.7 Å². The third-order valence-corrected chi connectivity index (χ3v) is 6.55. The number of fused-ring (bicyclic) bond motifs is 2. The first kappa shape index (κ1) is 24.0. The number of aromatic nitrogens is 3. The van der Waals surface area contributed by atoms with Gasteiger partial charge in [0.15, 0.2) is 0 Å². The Kier molecular flexibility index (Phi) is 7.27. The second-order valence-electron chi connectivity index (χ2n) is 9.16. The Morgan fingerprint density at radius 1 is 1.22 bits per heavy atom. The van der Waals surface area contributed by atoms with Crippen molar-refractivity contribution < 1.29 is 14.3 Å². The van der Waals surface area contributed by atoms with Gasteiger partial charge in [-0.3, -0.25) is 4.79 Å². The zero-order valence-corrected chi connectivity index (χ0v) is 20.7. The van der Waals surface area contributed by atoms with Crippen LogP contribution >= 0.6 is 0 Å². The minimum atomic E-state index is -0.171. The van der Waals surface area contributed by atoms with Crippen molar-refractivity contribution in [2.45, 2.75) is 45.3 Å². The molecule has 2 aromatic heterocycles. The van der Waals surface area contributed by atoms with Gasteiger partial charge in [0.05, 0.1) is 31.1 Å². The van der Waals surface area contributed by atoms with Crippen LogP contribution in [0.5, 0.6) is 0 Å². The average molecular weight is 489 g/mol. The molecule has 3 aromatic rings. The lowest BCUT2D eigenvalue weighted by molar-refractivity contribution is -0.143. The number of ether oxygens (including phenoxy) is 2. The molecule has 9 nitrogen and oxygen atoms in total. The van der Waals surface area contributed by atoms with Gasteiger partial charge in [0.2, 0.25) is 5.95 Å². The van der Waals surface area contributed by atoms with Crippen LogP contribution in [0.2, 0.25) is 0 Å². The summed E-state index contributed by atoms with van der Waals surface area (Å²) in [5, 5.41) is 6.56. The Morgan fingerprint density at radius 3 is 2.86 bits per heavy atom. The number of anilines is 4. The molecule has 2 fully saturated rings. The predicted octanol–water partition coefficient (Wildman–Crippen LogP) is 4.32. The maximum Gasteiger partial charge on any atom is 0.305 e. The Balaban J connectivity index is 1.18. The van der Waals surface area contributed by atoms with Gasteiger partial charge in [-0.25, -0.2) is 15.0 Å². The molecule has 36 heavy (non-hydrogen) atoms. The molecule has 9 heteroatoms. The van der Waals surface area contributed by atoms with Crippen molar-refractivity contribution in [3.05, 3.63) is 54.4 Å². The maximum atomic E-state index is 11.4. The van der Waals surface area contributed by atoms with E-state index in [9.17, 15) is 4.79 Å². The second-order valence-corrected chi connectivity index (χ2v) is 9.16. The monoisotopic (exact) mass is 488 g/mol. The standard InChI is InChI=1S/C27H32N6O3/c1-3-35-26(34)5-4-11-28-25-9-6-19(15-30-25)23-10-12-29-27(32-23)31-20-7-8-24(18(2)13-20)33-16-22-14-21(33)17-36-22/h6-10,12-13,15,21-22H,3-5,11,14,16-17H2,1-2H3,(H,28,30)(H,29,31,32)/t21-,22-/m0/s1. The van der Waals surface area contributed by atoms with E-state index in [1.165, 1.54) is 11.3 Å². The van der Waals surface area contributed by atoms with Gasteiger partial charge in [-0.2, -0.15) is 0 Å². The van der Waals surface area contributed by atoms with E-state index in [0.29, 0.717) is 44.1 Å².